The first kappa shape index (κ1) is 20.9. The first-order valence-corrected chi connectivity index (χ1v) is 11.8. The summed E-state index contributed by atoms with van der Waals surface area (Å²) in [5.41, 5.74) is 1.37. The van der Waals surface area contributed by atoms with Gasteiger partial charge in [-0.05, 0) is 68.1 Å². The Morgan fingerprint density at radius 1 is 1.19 bits per heavy atom. The number of pyridine rings is 1. The summed E-state index contributed by atoms with van der Waals surface area (Å²) in [6, 6.07) is 12.0. The van der Waals surface area contributed by atoms with E-state index in [9.17, 15) is 9.59 Å². The lowest BCUT2D eigenvalue weighted by atomic mass is 9.98. The van der Waals surface area contributed by atoms with E-state index in [2.05, 4.69) is 33.1 Å². The van der Waals surface area contributed by atoms with E-state index in [1.807, 2.05) is 18.2 Å². The summed E-state index contributed by atoms with van der Waals surface area (Å²) >= 11 is 1.34. The number of hydrogen-bond donors (Lipinski definition) is 1. The summed E-state index contributed by atoms with van der Waals surface area (Å²) in [5, 5.41) is 0.827. The maximum absolute atomic E-state index is 12.9. The van der Waals surface area contributed by atoms with Crippen molar-refractivity contribution in [3.63, 3.8) is 0 Å². The molecule has 0 radical (unpaired) electrons. The molecule has 0 aliphatic carbocycles. The van der Waals surface area contributed by atoms with Crippen molar-refractivity contribution in [1.29, 1.82) is 0 Å². The number of nitrogens with zero attached hydrogens (tertiary/aromatic N) is 3. The number of aromatic nitrogens is 3. The summed E-state index contributed by atoms with van der Waals surface area (Å²) in [6.45, 7) is 3.51. The summed E-state index contributed by atoms with van der Waals surface area (Å²) in [4.78, 5) is 35.9. The second kappa shape index (κ2) is 8.88. The molecular formula is C24H26N4O3S. The predicted octanol–water partition coefficient (Wildman–Crippen LogP) is 3.58. The quantitative estimate of drug-likeness (QED) is 0.436. The molecule has 0 amide bonds. The number of H-pyrrole nitrogens is 1. The van der Waals surface area contributed by atoms with Gasteiger partial charge in [-0.2, -0.15) is 0 Å². The minimum absolute atomic E-state index is 0.217. The first-order valence-electron chi connectivity index (χ1n) is 11.0. The van der Waals surface area contributed by atoms with Crippen LogP contribution in [0.2, 0.25) is 0 Å². The number of ether oxygens (including phenoxy) is 1. The minimum Gasteiger partial charge on any atom is -0.497 e. The summed E-state index contributed by atoms with van der Waals surface area (Å²) in [7, 11) is 1.70. The second-order valence-electron chi connectivity index (χ2n) is 8.32. The molecule has 7 nitrogen and oxygen atoms in total. The SMILES string of the molecule is COc1cccc(C2CCN(CCCCn3c(=O)[nH]c4c(sc5ncccc54)c3=O)C2)c1. The molecule has 4 aromatic rings. The lowest BCUT2D eigenvalue weighted by Crippen LogP contribution is -2.34. The third-order valence-electron chi connectivity index (χ3n) is 6.33. The number of aromatic amines is 1. The van der Waals surface area contributed by atoms with Gasteiger partial charge in [0.1, 0.15) is 15.3 Å². The zero-order valence-electron chi connectivity index (χ0n) is 18.0. The number of hydrogen-bond acceptors (Lipinski definition) is 6. The molecule has 0 saturated carbocycles. The van der Waals surface area contributed by atoms with Crippen LogP contribution in [0.4, 0.5) is 0 Å². The normalized spacial score (nSPS) is 16.8. The Morgan fingerprint density at radius 3 is 2.94 bits per heavy atom. The fourth-order valence-electron chi connectivity index (χ4n) is 4.61. The van der Waals surface area contributed by atoms with Crippen molar-refractivity contribution in [2.75, 3.05) is 26.7 Å². The molecule has 1 aliphatic rings. The molecule has 3 aromatic heterocycles. The van der Waals surface area contributed by atoms with Crippen molar-refractivity contribution in [3.8, 4) is 5.75 Å². The van der Waals surface area contributed by atoms with Gasteiger partial charge in [0.15, 0.2) is 0 Å². The van der Waals surface area contributed by atoms with E-state index in [1.165, 1.54) is 21.5 Å². The Kier molecular flexibility index (Phi) is 5.80. The average molecular weight is 451 g/mol. The Labute approximate surface area is 189 Å². The Hall–Kier alpha value is -2.97. The van der Waals surface area contributed by atoms with Gasteiger partial charge in [0.05, 0.1) is 12.6 Å². The van der Waals surface area contributed by atoms with E-state index in [0.717, 1.165) is 54.9 Å². The van der Waals surface area contributed by atoms with Gasteiger partial charge in [-0.25, -0.2) is 9.78 Å². The van der Waals surface area contributed by atoms with Gasteiger partial charge in [-0.15, -0.1) is 11.3 Å². The summed E-state index contributed by atoms with van der Waals surface area (Å²) in [6.07, 6.45) is 4.58. The van der Waals surface area contributed by atoms with Gasteiger partial charge in [0, 0.05) is 24.7 Å². The van der Waals surface area contributed by atoms with Gasteiger partial charge in [0.25, 0.3) is 5.56 Å². The minimum atomic E-state index is -0.342. The molecule has 166 valence electrons. The highest BCUT2D eigenvalue weighted by molar-refractivity contribution is 7.25. The first-order chi connectivity index (χ1) is 15.6. The standard InChI is InChI=1S/C24H26N4O3S/c1-31-18-7-4-6-16(14-18)17-9-13-27(15-17)11-2-3-12-28-23(29)21-20(26-24(28)30)19-8-5-10-25-22(19)32-21/h4-8,10,14,17H,2-3,9,11-13,15H2,1H3,(H,26,30). The molecular weight excluding hydrogens is 424 g/mol. The van der Waals surface area contributed by atoms with Crippen LogP contribution in [0.25, 0.3) is 20.4 Å². The van der Waals surface area contributed by atoms with Crippen molar-refractivity contribution in [3.05, 3.63) is 69.0 Å². The maximum atomic E-state index is 12.9. The molecule has 1 N–H and O–H groups in total. The van der Waals surface area contributed by atoms with Crippen LogP contribution < -0.4 is 16.0 Å². The lowest BCUT2D eigenvalue weighted by Gasteiger charge is -2.16. The van der Waals surface area contributed by atoms with E-state index in [0.29, 0.717) is 22.7 Å². The van der Waals surface area contributed by atoms with E-state index in [4.69, 9.17) is 4.74 Å². The molecule has 32 heavy (non-hydrogen) atoms. The van der Waals surface area contributed by atoms with Crippen LogP contribution in [0, 0.1) is 0 Å². The Morgan fingerprint density at radius 2 is 2.06 bits per heavy atom. The van der Waals surface area contributed by atoms with Crippen LogP contribution in [0.5, 0.6) is 5.75 Å². The number of benzene rings is 1. The summed E-state index contributed by atoms with van der Waals surface area (Å²) in [5.74, 6) is 1.43. The Bertz CT molecular complexity index is 1370. The van der Waals surface area contributed by atoms with Crippen LogP contribution in [0.15, 0.2) is 52.2 Å². The van der Waals surface area contributed by atoms with Crippen LogP contribution in [-0.2, 0) is 6.54 Å². The number of unbranched alkanes of at least 4 members (excludes halogenated alkanes) is 1. The highest BCUT2D eigenvalue weighted by atomic mass is 32.1. The summed E-state index contributed by atoms with van der Waals surface area (Å²) < 4.78 is 7.26. The highest BCUT2D eigenvalue weighted by Gasteiger charge is 2.23. The number of fused-ring (bicyclic) bond motifs is 3. The number of rotatable bonds is 7. The molecule has 1 aliphatic heterocycles. The number of nitrogens with one attached hydrogen (secondary N) is 1. The molecule has 1 fully saturated rings. The fraction of sp³-hybridized carbons (Fsp3) is 0.375. The third-order valence-corrected chi connectivity index (χ3v) is 7.43. The number of thiophene rings is 1. The average Bonchev–Trinajstić information content (AvgIpc) is 3.44. The molecule has 0 spiro atoms. The topological polar surface area (TPSA) is 80.2 Å². The van der Waals surface area contributed by atoms with E-state index < -0.39 is 0 Å². The van der Waals surface area contributed by atoms with Crippen LogP contribution in [0.3, 0.4) is 0 Å². The van der Waals surface area contributed by atoms with Crippen molar-refractivity contribution in [2.24, 2.45) is 0 Å². The lowest BCUT2D eigenvalue weighted by molar-refractivity contribution is 0.321. The number of likely N-dealkylation sites (tertiary alicyclic amines) is 1. The molecule has 1 saturated heterocycles. The second-order valence-corrected chi connectivity index (χ2v) is 9.32. The maximum Gasteiger partial charge on any atom is 0.328 e. The zero-order chi connectivity index (χ0) is 22.1. The van der Waals surface area contributed by atoms with E-state index in [-0.39, 0.29) is 11.2 Å². The van der Waals surface area contributed by atoms with Crippen molar-refractivity contribution < 1.29 is 4.74 Å². The van der Waals surface area contributed by atoms with Gasteiger partial charge in [-0.1, -0.05) is 12.1 Å². The molecule has 1 atom stereocenters. The third kappa shape index (κ3) is 3.96. The van der Waals surface area contributed by atoms with Gasteiger partial charge in [0.2, 0.25) is 0 Å². The van der Waals surface area contributed by atoms with Gasteiger partial charge < -0.3 is 14.6 Å². The fourth-order valence-corrected chi connectivity index (χ4v) is 5.66. The highest BCUT2D eigenvalue weighted by Crippen LogP contribution is 2.30. The molecule has 5 rings (SSSR count). The Balaban J connectivity index is 1.20. The number of methoxy groups -OCH3 is 1. The zero-order valence-corrected chi connectivity index (χ0v) is 18.9. The largest absolute Gasteiger partial charge is 0.497 e. The van der Waals surface area contributed by atoms with E-state index >= 15 is 0 Å². The van der Waals surface area contributed by atoms with Crippen LogP contribution in [-0.4, -0.2) is 46.2 Å². The van der Waals surface area contributed by atoms with Crippen molar-refractivity contribution in [2.45, 2.75) is 31.7 Å². The molecule has 4 heterocycles. The van der Waals surface area contributed by atoms with Gasteiger partial charge >= 0.3 is 5.69 Å². The monoisotopic (exact) mass is 450 g/mol. The smallest absolute Gasteiger partial charge is 0.328 e. The van der Waals surface area contributed by atoms with Crippen LogP contribution in [0.1, 0.15) is 30.7 Å². The molecule has 0 bridgehead atoms. The van der Waals surface area contributed by atoms with Gasteiger partial charge in [-0.3, -0.25) is 9.36 Å². The predicted molar refractivity (Wildman–Crippen MR) is 128 cm³/mol. The molecule has 1 unspecified atom stereocenters. The molecule has 8 heteroatoms. The van der Waals surface area contributed by atoms with Crippen molar-refractivity contribution in [1.82, 2.24) is 19.4 Å². The van der Waals surface area contributed by atoms with Crippen LogP contribution >= 0.6 is 11.3 Å². The van der Waals surface area contributed by atoms with Crippen molar-refractivity contribution >= 4 is 31.8 Å². The molecule has 1 aromatic carbocycles. The van der Waals surface area contributed by atoms with E-state index in [1.54, 1.807) is 13.3 Å².